The highest BCUT2D eigenvalue weighted by Crippen LogP contribution is 2.30. The molecule has 1 fully saturated rings. The molecular weight excluding hydrogens is 230 g/mol. The van der Waals surface area contributed by atoms with Crippen LogP contribution in [0.5, 0.6) is 0 Å². The number of aromatic nitrogens is 3. The molecule has 3 nitrogen and oxygen atoms in total. The number of hydrogen-bond donors (Lipinski definition) is 0. The second-order valence-corrected chi connectivity index (χ2v) is 4.16. The van der Waals surface area contributed by atoms with Crippen molar-refractivity contribution in [2.75, 3.05) is 0 Å². The summed E-state index contributed by atoms with van der Waals surface area (Å²) >= 11 is 3.27. The van der Waals surface area contributed by atoms with Gasteiger partial charge >= 0.3 is 0 Å². The fourth-order valence-corrected chi connectivity index (χ4v) is 2.12. The third-order valence-corrected chi connectivity index (χ3v) is 2.91. The van der Waals surface area contributed by atoms with Crippen LogP contribution in [-0.2, 0) is 0 Å². The van der Waals surface area contributed by atoms with Crippen LogP contribution in [0.3, 0.4) is 0 Å². The summed E-state index contributed by atoms with van der Waals surface area (Å²) in [6.07, 6.45) is 8.04. The highest BCUT2D eigenvalue weighted by molar-refractivity contribution is 9.10. The van der Waals surface area contributed by atoms with Crippen molar-refractivity contribution in [1.82, 2.24) is 15.0 Å². The lowest BCUT2D eigenvalue weighted by molar-refractivity contribution is 0.427. The molecule has 1 saturated carbocycles. The Labute approximate surface area is 86.1 Å². The van der Waals surface area contributed by atoms with Gasteiger partial charge in [-0.15, -0.1) is 0 Å². The number of halogens is 1. The molecule has 1 heterocycles. The van der Waals surface area contributed by atoms with Gasteiger partial charge in [-0.2, -0.15) is 0 Å². The van der Waals surface area contributed by atoms with Crippen molar-refractivity contribution in [1.29, 1.82) is 0 Å². The Morgan fingerprint density at radius 1 is 1.15 bits per heavy atom. The number of hydrogen-bond acceptors (Lipinski definition) is 3. The third kappa shape index (κ3) is 2.24. The molecule has 4 heteroatoms. The number of nitrogens with zero attached hydrogens (tertiary/aromatic N) is 3. The first-order valence-electron chi connectivity index (χ1n) is 4.70. The lowest BCUT2D eigenvalue weighted by atomic mass is 9.89. The summed E-state index contributed by atoms with van der Waals surface area (Å²) in [5.74, 6) is 1.52. The zero-order chi connectivity index (χ0) is 9.10. The van der Waals surface area contributed by atoms with Crippen molar-refractivity contribution < 1.29 is 0 Å². The Morgan fingerprint density at radius 2 is 1.92 bits per heavy atom. The van der Waals surface area contributed by atoms with Crippen molar-refractivity contribution in [2.24, 2.45) is 0 Å². The molecular formula is C9H12BrN3. The van der Waals surface area contributed by atoms with Crippen LogP contribution in [0.4, 0.5) is 0 Å². The molecule has 0 bridgehead atoms. The van der Waals surface area contributed by atoms with E-state index in [2.05, 4.69) is 30.9 Å². The Morgan fingerprint density at radius 3 is 2.62 bits per heavy atom. The minimum absolute atomic E-state index is 0.563. The summed E-state index contributed by atoms with van der Waals surface area (Å²) in [5.41, 5.74) is 0. The molecule has 1 aliphatic rings. The molecule has 0 atom stereocenters. The Kier molecular flexibility index (Phi) is 2.88. The molecule has 1 aliphatic carbocycles. The number of rotatable bonds is 1. The van der Waals surface area contributed by atoms with Gasteiger partial charge in [-0.3, -0.25) is 0 Å². The molecule has 2 rings (SSSR count). The maximum Gasteiger partial charge on any atom is 0.199 e. The van der Waals surface area contributed by atoms with Crippen molar-refractivity contribution in [3.63, 3.8) is 0 Å². The zero-order valence-corrected chi connectivity index (χ0v) is 9.00. The zero-order valence-electron chi connectivity index (χ0n) is 7.41. The first kappa shape index (κ1) is 9.06. The van der Waals surface area contributed by atoms with Crippen LogP contribution in [-0.4, -0.2) is 15.0 Å². The van der Waals surface area contributed by atoms with Gasteiger partial charge in [-0.25, -0.2) is 15.0 Å². The molecule has 1 aromatic heterocycles. The van der Waals surface area contributed by atoms with Crippen LogP contribution in [0.15, 0.2) is 11.1 Å². The van der Waals surface area contributed by atoms with E-state index in [4.69, 9.17) is 0 Å². The van der Waals surface area contributed by atoms with Gasteiger partial charge in [0.05, 0.1) is 0 Å². The molecule has 70 valence electrons. The minimum atomic E-state index is 0.563. The first-order chi connectivity index (χ1) is 6.36. The summed E-state index contributed by atoms with van der Waals surface area (Å²) in [7, 11) is 0. The Hall–Kier alpha value is -0.510. The average molecular weight is 242 g/mol. The Balaban J connectivity index is 2.14. The lowest BCUT2D eigenvalue weighted by Crippen LogP contribution is -2.09. The van der Waals surface area contributed by atoms with Gasteiger partial charge in [0.25, 0.3) is 0 Å². The van der Waals surface area contributed by atoms with E-state index in [0.29, 0.717) is 10.7 Å². The van der Waals surface area contributed by atoms with Crippen molar-refractivity contribution >= 4 is 15.9 Å². The summed E-state index contributed by atoms with van der Waals surface area (Å²) in [6.45, 7) is 0. The molecule has 0 N–H and O–H groups in total. The summed E-state index contributed by atoms with van der Waals surface area (Å²) < 4.78 is 0.656. The standard InChI is InChI=1S/C9H12BrN3/c10-9-12-6-11-8(13-9)7-4-2-1-3-5-7/h6-7H,1-5H2. The molecule has 13 heavy (non-hydrogen) atoms. The van der Waals surface area contributed by atoms with Crippen molar-refractivity contribution in [3.05, 3.63) is 16.9 Å². The molecule has 0 radical (unpaired) electrons. The maximum atomic E-state index is 4.29. The molecule has 1 aromatic rings. The predicted molar refractivity (Wildman–Crippen MR) is 53.4 cm³/mol. The van der Waals surface area contributed by atoms with Crippen LogP contribution in [0.25, 0.3) is 0 Å². The van der Waals surface area contributed by atoms with Crippen LogP contribution in [0, 0.1) is 0 Å². The molecule has 0 aromatic carbocycles. The fourth-order valence-electron chi connectivity index (χ4n) is 1.85. The third-order valence-electron chi connectivity index (χ3n) is 2.53. The maximum absolute atomic E-state index is 4.29. The van der Waals surface area contributed by atoms with E-state index in [9.17, 15) is 0 Å². The van der Waals surface area contributed by atoms with E-state index in [-0.39, 0.29) is 0 Å². The molecule has 0 spiro atoms. The molecule has 0 unspecified atom stereocenters. The van der Waals surface area contributed by atoms with Gasteiger partial charge in [-0.05, 0) is 28.8 Å². The highest BCUT2D eigenvalue weighted by Gasteiger charge is 2.17. The van der Waals surface area contributed by atoms with E-state index in [0.717, 1.165) is 5.82 Å². The molecule has 0 saturated heterocycles. The van der Waals surface area contributed by atoms with Gasteiger partial charge < -0.3 is 0 Å². The Bertz CT molecular complexity index is 284. The summed E-state index contributed by atoms with van der Waals surface area (Å²) in [4.78, 5) is 12.4. The van der Waals surface area contributed by atoms with Crippen LogP contribution in [0.1, 0.15) is 43.8 Å². The summed E-state index contributed by atoms with van der Waals surface area (Å²) in [5, 5.41) is 0. The fraction of sp³-hybridized carbons (Fsp3) is 0.667. The van der Waals surface area contributed by atoms with Crippen LogP contribution < -0.4 is 0 Å². The monoisotopic (exact) mass is 241 g/mol. The van der Waals surface area contributed by atoms with Gasteiger partial charge in [0.15, 0.2) is 4.73 Å². The van der Waals surface area contributed by atoms with Gasteiger partial charge in [0.2, 0.25) is 0 Å². The SMILES string of the molecule is Brc1ncnc(C2CCCCC2)n1. The molecule has 0 aliphatic heterocycles. The average Bonchev–Trinajstić information content (AvgIpc) is 2.19. The molecule has 0 amide bonds. The van der Waals surface area contributed by atoms with Crippen LogP contribution in [0.2, 0.25) is 0 Å². The normalized spacial score (nSPS) is 18.8. The van der Waals surface area contributed by atoms with Gasteiger partial charge in [0, 0.05) is 5.92 Å². The van der Waals surface area contributed by atoms with Crippen LogP contribution >= 0.6 is 15.9 Å². The highest BCUT2D eigenvalue weighted by atomic mass is 79.9. The van der Waals surface area contributed by atoms with Gasteiger partial charge in [0.1, 0.15) is 12.2 Å². The van der Waals surface area contributed by atoms with Gasteiger partial charge in [-0.1, -0.05) is 19.3 Å². The smallest absolute Gasteiger partial charge is 0.199 e. The van der Waals surface area contributed by atoms with E-state index in [1.165, 1.54) is 32.1 Å². The van der Waals surface area contributed by atoms with Crippen molar-refractivity contribution in [2.45, 2.75) is 38.0 Å². The van der Waals surface area contributed by atoms with E-state index >= 15 is 0 Å². The first-order valence-corrected chi connectivity index (χ1v) is 5.50. The second kappa shape index (κ2) is 4.13. The lowest BCUT2D eigenvalue weighted by Gasteiger charge is -2.19. The largest absolute Gasteiger partial charge is 0.221 e. The topological polar surface area (TPSA) is 38.7 Å². The van der Waals surface area contributed by atoms with E-state index in [1.807, 2.05) is 0 Å². The van der Waals surface area contributed by atoms with E-state index < -0.39 is 0 Å². The minimum Gasteiger partial charge on any atom is -0.221 e. The van der Waals surface area contributed by atoms with Crippen molar-refractivity contribution in [3.8, 4) is 0 Å². The quantitative estimate of drug-likeness (QED) is 0.759. The second-order valence-electron chi connectivity index (χ2n) is 3.45. The van der Waals surface area contributed by atoms with E-state index in [1.54, 1.807) is 6.33 Å². The summed E-state index contributed by atoms with van der Waals surface area (Å²) in [6, 6.07) is 0. The predicted octanol–water partition coefficient (Wildman–Crippen LogP) is 2.68.